The van der Waals surface area contributed by atoms with E-state index in [0.29, 0.717) is 17.5 Å². The first-order valence-corrected chi connectivity index (χ1v) is 11.8. The van der Waals surface area contributed by atoms with E-state index in [9.17, 15) is 14.4 Å². The quantitative estimate of drug-likeness (QED) is 0.607. The molecule has 4 rings (SSSR count). The van der Waals surface area contributed by atoms with Crippen molar-refractivity contribution < 1.29 is 23.9 Å². The second-order valence-electron chi connectivity index (χ2n) is 8.22. The highest BCUT2D eigenvalue weighted by Crippen LogP contribution is 2.39. The number of carbonyl (C=O) groups is 3. The number of amides is 2. The van der Waals surface area contributed by atoms with Gasteiger partial charge in [0, 0.05) is 6.42 Å². The number of urea groups is 1. The summed E-state index contributed by atoms with van der Waals surface area (Å²) in [6.45, 7) is 4.00. The fourth-order valence-corrected chi connectivity index (χ4v) is 5.15. The van der Waals surface area contributed by atoms with Crippen molar-refractivity contribution >= 4 is 35.7 Å². The number of hydrogen-bond donors (Lipinski definition) is 2. The molecule has 0 saturated carbocycles. The molecule has 0 bridgehead atoms. The zero-order valence-electron chi connectivity index (χ0n) is 18.9. The average Bonchev–Trinajstić information content (AvgIpc) is 3.20. The molecule has 0 radical (unpaired) electrons. The molecule has 2 aliphatic heterocycles. The predicted molar refractivity (Wildman–Crippen MR) is 128 cm³/mol. The summed E-state index contributed by atoms with van der Waals surface area (Å²) in [6, 6.07) is 13.8. The van der Waals surface area contributed by atoms with Crippen molar-refractivity contribution in [1.82, 2.24) is 10.2 Å². The molecule has 9 nitrogen and oxygen atoms in total. The van der Waals surface area contributed by atoms with Crippen LogP contribution in [-0.2, 0) is 9.47 Å². The smallest absolute Gasteiger partial charge is 0.338 e. The van der Waals surface area contributed by atoms with Gasteiger partial charge in [0.25, 0.3) is 0 Å². The summed E-state index contributed by atoms with van der Waals surface area (Å²) in [5.41, 5.74) is 8.53. The van der Waals surface area contributed by atoms with Crippen molar-refractivity contribution in [3.8, 4) is 0 Å². The lowest BCUT2D eigenvalue weighted by Crippen LogP contribution is -2.53. The van der Waals surface area contributed by atoms with Gasteiger partial charge in [0.2, 0.25) is 0 Å². The first-order chi connectivity index (χ1) is 16.3. The van der Waals surface area contributed by atoms with E-state index in [2.05, 4.69) is 10.3 Å². The Bertz CT molecular complexity index is 1100. The monoisotopic (exact) mass is 482 g/mol. The van der Waals surface area contributed by atoms with E-state index in [1.807, 2.05) is 38.1 Å². The highest BCUT2D eigenvalue weighted by Gasteiger charge is 2.43. The highest BCUT2D eigenvalue weighted by molar-refractivity contribution is 8.00. The number of esters is 2. The lowest BCUT2D eigenvalue weighted by atomic mass is 10.1. The van der Waals surface area contributed by atoms with E-state index < -0.39 is 18.0 Å². The van der Waals surface area contributed by atoms with Crippen LogP contribution >= 0.6 is 11.8 Å². The van der Waals surface area contributed by atoms with E-state index in [1.54, 1.807) is 24.3 Å². The number of nitrogens with zero attached hydrogens (tertiary/aromatic N) is 2. The van der Waals surface area contributed by atoms with Gasteiger partial charge in [-0.3, -0.25) is 10.2 Å². The van der Waals surface area contributed by atoms with Crippen LogP contribution in [0, 0.1) is 13.8 Å². The fraction of sp³-hybridized carbons (Fsp3) is 0.333. The Kier molecular flexibility index (Phi) is 7.06. The number of ether oxygens (including phenoxy) is 2. The van der Waals surface area contributed by atoms with Crippen molar-refractivity contribution in [2.75, 3.05) is 13.3 Å². The van der Waals surface area contributed by atoms with Gasteiger partial charge in [0.1, 0.15) is 19.4 Å². The van der Waals surface area contributed by atoms with E-state index in [4.69, 9.17) is 15.2 Å². The van der Waals surface area contributed by atoms with E-state index in [-0.39, 0.29) is 35.9 Å². The number of guanidine groups is 1. The van der Waals surface area contributed by atoms with Crippen LogP contribution in [0.2, 0.25) is 0 Å². The SMILES string of the molecule is Cc1ccc(C(=O)OC[C@H]2S[C@H](N3CN=C(N)NC3=O)C[C@@H]2OC(=O)c2ccc(C)cc2)cc1. The normalized spacial score (nSPS) is 22.1. The maximum atomic E-state index is 12.8. The first kappa shape index (κ1) is 23.6. The Balaban J connectivity index is 1.46. The minimum absolute atomic E-state index is 0.0284. The van der Waals surface area contributed by atoms with Crippen molar-refractivity contribution in [2.45, 2.75) is 37.0 Å². The van der Waals surface area contributed by atoms with Crippen molar-refractivity contribution in [3.05, 3.63) is 70.8 Å². The summed E-state index contributed by atoms with van der Waals surface area (Å²) in [7, 11) is 0. The highest BCUT2D eigenvalue weighted by atomic mass is 32.2. The van der Waals surface area contributed by atoms with Crippen LogP contribution in [0.15, 0.2) is 53.5 Å². The number of rotatable bonds is 6. The molecule has 0 aromatic heterocycles. The third-order valence-corrected chi connectivity index (χ3v) is 7.18. The molecule has 2 aromatic rings. The van der Waals surface area contributed by atoms with Gasteiger partial charge in [-0.2, -0.15) is 0 Å². The van der Waals surface area contributed by atoms with Crippen LogP contribution in [0.1, 0.15) is 38.3 Å². The van der Waals surface area contributed by atoms with Gasteiger partial charge in [0.05, 0.1) is 21.8 Å². The van der Waals surface area contributed by atoms with Gasteiger partial charge in [-0.15, -0.1) is 11.8 Å². The maximum Gasteiger partial charge on any atom is 0.338 e. The molecule has 3 atom stereocenters. The Morgan fingerprint density at radius 3 is 2.24 bits per heavy atom. The summed E-state index contributed by atoms with van der Waals surface area (Å²) < 4.78 is 11.4. The third-order valence-electron chi connectivity index (χ3n) is 5.63. The molecule has 1 fully saturated rings. The molecule has 0 spiro atoms. The molecule has 0 aliphatic carbocycles. The molecule has 34 heavy (non-hydrogen) atoms. The average molecular weight is 483 g/mol. The van der Waals surface area contributed by atoms with E-state index >= 15 is 0 Å². The Morgan fingerprint density at radius 1 is 1.06 bits per heavy atom. The van der Waals surface area contributed by atoms with E-state index in [0.717, 1.165) is 11.1 Å². The largest absolute Gasteiger partial charge is 0.461 e. The van der Waals surface area contributed by atoms with Crippen LogP contribution in [0.25, 0.3) is 0 Å². The molecule has 2 aliphatic rings. The summed E-state index contributed by atoms with van der Waals surface area (Å²) in [4.78, 5) is 43.3. The number of hydrogen-bond acceptors (Lipinski definition) is 8. The minimum atomic E-state index is -0.564. The lowest BCUT2D eigenvalue weighted by Gasteiger charge is -2.29. The van der Waals surface area contributed by atoms with Gasteiger partial charge in [-0.25, -0.2) is 19.4 Å². The second-order valence-corrected chi connectivity index (χ2v) is 9.65. The third kappa shape index (κ3) is 5.51. The lowest BCUT2D eigenvalue weighted by molar-refractivity contribution is 0.0197. The zero-order chi connectivity index (χ0) is 24.2. The Morgan fingerprint density at radius 2 is 1.65 bits per heavy atom. The van der Waals surface area contributed by atoms with Gasteiger partial charge < -0.3 is 15.2 Å². The predicted octanol–water partition coefficient (Wildman–Crippen LogP) is 2.81. The maximum absolute atomic E-state index is 12.8. The van der Waals surface area contributed by atoms with Gasteiger partial charge >= 0.3 is 18.0 Å². The van der Waals surface area contributed by atoms with Crippen LogP contribution in [0.5, 0.6) is 0 Å². The minimum Gasteiger partial charge on any atom is -0.461 e. The van der Waals surface area contributed by atoms with Crippen LogP contribution < -0.4 is 11.1 Å². The summed E-state index contributed by atoms with van der Waals surface area (Å²) in [6.07, 6.45) is -0.191. The Hall–Kier alpha value is -3.53. The molecule has 3 N–H and O–H groups in total. The van der Waals surface area contributed by atoms with Crippen molar-refractivity contribution in [1.29, 1.82) is 0 Å². The molecule has 2 heterocycles. The number of nitrogens with two attached hydrogens (primary N) is 1. The van der Waals surface area contributed by atoms with Crippen molar-refractivity contribution in [3.63, 3.8) is 0 Å². The summed E-state index contributed by atoms with van der Waals surface area (Å²) >= 11 is 1.41. The first-order valence-electron chi connectivity index (χ1n) is 10.8. The summed E-state index contributed by atoms with van der Waals surface area (Å²) in [5, 5.41) is 1.81. The molecule has 2 amide bonds. The zero-order valence-corrected chi connectivity index (χ0v) is 19.7. The van der Waals surface area contributed by atoms with Crippen molar-refractivity contribution in [2.24, 2.45) is 10.7 Å². The van der Waals surface area contributed by atoms with Gasteiger partial charge in [0.15, 0.2) is 5.96 Å². The Labute approximate surface area is 201 Å². The number of nitrogens with one attached hydrogen (secondary N) is 1. The van der Waals surface area contributed by atoms with Gasteiger partial charge in [-0.1, -0.05) is 35.4 Å². The van der Waals surface area contributed by atoms with Crippen LogP contribution in [0.3, 0.4) is 0 Å². The van der Waals surface area contributed by atoms with Gasteiger partial charge in [-0.05, 0) is 38.1 Å². The number of benzene rings is 2. The number of carbonyl (C=O) groups excluding carboxylic acids is 3. The topological polar surface area (TPSA) is 123 Å². The number of aliphatic imine (C=N–C) groups is 1. The summed E-state index contributed by atoms with van der Waals surface area (Å²) in [5.74, 6) is -0.859. The number of thioether (sulfide) groups is 1. The van der Waals surface area contributed by atoms with Crippen LogP contribution in [0.4, 0.5) is 4.79 Å². The molecular weight excluding hydrogens is 456 g/mol. The molecular formula is C24H26N4O5S. The molecule has 2 aromatic carbocycles. The molecule has 10 heteroatoms. The van der Waals surface area contributed by atoms with E-state index in [1.165, 1.54) is 16.7 Å². The fourth-order valence-electron chi connectivity index (χ4n) is 3.65. The number of aryl methyl sites for hydroxylation is 2. The van der Waals surface area contributed by atoms with Crippen LogP contribution in [-0.4, -0.2) is 58.8 Å². The molecule has 178 valence electrons. The molecule has 1 saturated heterocycles. The second kappa shape index (κ2) is 10.2. The standard InChI is InChI=1S/C24H26N4O5S/c1-14-3-7-16(8-4-14)21(29)32-12-19-18(33-22(30)17-9-5-15(2)6-10-17)11-20(34-19)28-13-26-23(25)27-24(28)31/h3-10,18-20H,11-13H2,1-2H3,(H3,25,26,27,31)/t18-,19+,20-/m0/s1. The molecule has 0 unspecified atom stereocenters.